The van der Waals surface area contributed by atoms with E-state index in [0.29, 0.717) is 23.3 Å². The van der Waals surface area contributed by atoms with Gasteiger partial charge in [-0.15, -0.1) is 0 Å². The topological polar surface area (TPSA) is 64.5 Å². The smallest absolute Gasteiger partial charge is 0.164 e. The molecule has 0 spiro atoms. The molecular weight excluding hydrogens is 779 g/mol. The van der Waals surface area contributed by atoms with Gasteiger partial charge in [-0.1, -0.05) is 218 Å². The Hall–Kier alpha value is -8.67. The second-order valence-electron chi connectivity index (χ2n) is 15.6. The lowest BCUT2D eigenvalue weighted by molar-refractivity contribution is 1.07. The van der Waals surface area contributed by atoms with Gasteiger partial charge in [0.15, 0.2) is 23.3 Å². The van der Waals surface area contributed by atoms with Gasteiger partial charge in [-0.25, -0.2) is 24.9 Å². The molecule has 0 aliphatic heterocycles. The Bertz CT molecular complexity index is 3310. The van der Waals surface area contributed by atoms with Crippen LogP contribution in [0, 0.1) is 0 Å². The summed E-state index contributed by atoms with van der Waals surface area (Å²) in [6.07, 6.45) is 0. The fourth-order valence-electron chi connectivity index (χ4n) is 8.42. The van der Waals surface area contributed by atoms with E-state index in [1.54, 1.807) is 0 Å². The fraction of sp³-hybridized carbons (Fsp3) is 0. The predicted molar refractivity (Wildman–Crippen MR) is 262 cm³/mol. The van der Waals surface area contributed by atoms with Gasteiger partial charge in [0.2, 0.25) is 0 Å². The first-order valence-electron chi connectivity index (χ1n) is 21.4. The molecule has 0 fully saturated rings. The average molecular weight is 818 g/mol. The van der Waals surface area contributed by atoms with Crippen LogP contribution >= 0.6 is 0 Å². The highest BCUT2D eigenvalue weighted by atomic mass is 15.0. The van der Waals surface area contributed by atoms with Crippen LogP contribution in [-0.2, 0) is 0 Å². The minimum Gasteiger partial charge on any atom is -0.228 e. The summed E-state index contributed by atoms with van der Waals surface area (Å²) in [5, 5.41) is 2.30. The molecule has 64 heavy (non-hydrogen) atoms. The van der Waals surface area contributed by atoms with Gasteiger partial charge in [-0.2, -0.15) is 0 Å². The summed E-state index contributed by atoms with van der Waals surface area (Å²) in [5.74, 6) is 2.56. The molecule has 0 unspecified atom stereocenters. The molecule has 0 atom stereocenters. The van der Waals surface area contributed by atoms with Crippen LogP contribution in [0.3, 0.4) is 0 Å². The summed E-state index contributed by atoms with van der Waals surface area (Å²) in [6.45, 7) is 0. The van der Waals surface area contributed by atoms with Crippen LogP contribution < -0.4 is 0 Å². The standard InChI is InChI=1S/C59H39N5/c1-5-20-41(21-6-1)53-39-54(61-56(60-53)42-22-7-2-8-23-42)48-31-18-29-46(38-48)45-28-17-30-47(37-45)50-36-35-40-19-13-14-32-49(40)55(50)51-33-15-16-34-52(51)59-63-57(43-24-9-3-10-25-43)62-58(64-59)44-26-11-4-12-27-44/h1-39H. The first-order chi connectivity index (χ1) is 31.7. The molecule has 0 saturated carbocycles. The van der Waals surface area contributed by atoms with E-state index < -0.39 is 0 Å². The van der Waals surface area contributed by atoms with Crippen LogP contribution in [0.25, 0.3) is 112 Å². The van der Waals surface area contributed by atoms with E-state index >= 15 is 0 Å². The minimum atomic E-state index is 0.614. The predicted octanol–water partition coefficient (Wildman–Crippen LogP) is 14.8. The molecule has 2 aromatic heterocycles. The maximum Gasteiger partial charge on any atom is 0.164 e. The molecule has 5 heteroatoms. The quantitative estimate of drug-likeness (QED) is 0.145. The first kappa shape index (κ1) is 38.3. The summed E-state index contributed by atoms with van der Waals surface area (Å²) < 4.78 is 0. The van der Waals surface area contributed by atoms with Crippen molar-refractivity contribution in [3.8, 4) is 101 Å². The third kappa shape index (κ3) is 7.63. The van der Waals surface area contributed by atoms with E-state index in [1.807, 2.05) is 97.1 Å². The highest BCUT2D eigenvalue weighted by molar-refractivity contribution is 6.07. The Balaban J connectivity index is 1.04. The Labute approximate surface area is 372 Å². The third-order valence-electron chi connectivity index (χ3n) is 11.6. The molecule has 5 nitrogen and oxygen atoms in total. The Morgan fingerprint density at radius 1 is 0.219 bits per heavy atom. The van der Waals surface area contributed by atoms with Crippen LogP contribution in [0.5, 0.6) is 0 Å². The second-order valence-corrected chi connectivity index (χ2v) is 15.6. The van der Waals surface area contributed by atoms with Gasteiger partial charge in [-0.05, 0) is 62.4 Å². The maximum absolute atomic E-state index is 5.17. The first-order valence-corrected chi connectivity index (χ1v) is 21.4. The summed E-state index contributed by atoms with van der Waals surface area (Å²) in [4.78, 5) is 25.5. The molecule has 0 aliphatic rings. The number of rotatable bonds is 9. The average Bonchev–Trinajstić information content (AvgIpc) is 3.39. The lowest BCUT2D eigenvalue weighted by Gasteiger charge is -2.18. The Kier molecular flexibility index (Phi) is 10.2. The Morgan fingerprint density at radius 3 is 1.25 bits per heavy atom. The van der Waals surface area contributed by atoms with Crippen LogP contribution in [0.4, 0.5) is 0 Å². The van der Waals surface area contributed by atoms with Crippen molar-refractivity contribution in [3.05, 3.63) is 237 Å². The second kappa shape index (κ2) is 17.0. The SMILES string of the molecule is c1ccc(-c2cc(-c3cccc(-c4cccc(-c5ccc6ccccc6c5-c5ccccc5-c5nc(-c6ccccc6)nc(-c6ccccc6)n5)c4)c3)nc(-c3ccccc3)n2)cc1. The van der Waals surface area contributed by atoms with Gasteiger partial charge in [0.05, 0.1) is 11.4 Å². The highest BCUT2D eigenvalue weighted by Crippen LogP contribution is 2.43. The molecular formula is C59H39N5. The van der Waals surface area contributed by atoms with Crippen molar-refractivity contribution in [2.24, 2.45) is 0 Å². The highest BCUT2D eigenvalue weighted by Gasteiger charge is 2.20. The molecule has 0 aliphatic carbocycles. The molecule has 11 aromatic rings. The van der Waals surface area contributed by atoms with E-state index in [-0.39, 0.29) is 0 Å². The zero-order valence-corrected chi connectivity index (χ0v) is 34.8. The van der Waals surface area contributed by atoms with Crippen molar-refractivity contribution in [2.75, 3.05) is 0 Å². The van der Waals surface area contributed by atoms with Crippen molar-refractivity contribution >= 4 is 10.8 Å². The van der Waals surface area contributed by atoms with Crippen molar-refractivity contribution in [2.45, 2.75) is 0 Å². The van der Waals surface area contributed by atoms with Gasteiger partial charge >= 0.3 is 0 Å². The number of fused-ring (bicyclic) bond motifs is 1. The monoisotopic (exact) mass is 817 g/mol. The zero-order valence-electron chi connectivity index (χ0n) is 34.8. The molecule has 0 radical (unpaired) electrons. The van der Waals surface area contributed by atoms with Crippen molar-refractivity contribution in [1.82, 2.24) is 24.9 Å². The third-order valence-corrected chi connectivity index (χ3v) is 11.6. The number of hydrogen-bond donors (Lipinski definition) is 0. The fourth-order valence-corrected chi connectivity index (χ4v) is 8.42. The maximum atomic E-state index is 5.17. The van der Waals surface area contributed by atoms with E-state index in [2.05, 4.69) is 140 Å². The van der Waals surface area contributed by atoms with Gasteiger partial charge < -0.3 is 0 Å². The summed E-state index contributed by atoms with van der Waals surface area (Å²) >= 11 is 0. The Morgan fingerprint density at radius 2 is 0.641 bits per heavy atom. The molecule has 0 N–H and O–H groups in total. The van der Waals surface area contributed by atoms with Crippen LogP contribution in [0.15, 0.2) is 237 Å². The van der Waals surface area contributed by atoms with Gasteiger partial charge in [0.1, 0.15) is 0 Å². The molecule has 11 rings (SSSR count). The molecule has 0 amide bonds. The number of aromatic nitrogens is 5. The summed E-state index contributed by atoms with van der Waals surface area (Å²) in [5.41, 5.74) is 14.1. The zero-order chi connectivity index (χ0) is 42.7. The van der Waals surface area contributed by atoms with Crippen molar-refractivity contribution < 1.29 is 0 Å². The summed E-state index contributed by atoms with van der Waals surface area (Å²) in [7, 11) is 0. The van der Waals surface area contributed by atoms with Crippen molar-refractivity contribution in [3.63, 3.8) is 0 Å². The van der Waals surface area contributed by atoms with Gasteiger partial charge in [0.25, 0.3) is 0 Å². The minimum absolute atomic E-state index is 0.614. The molecule has 0 saturated heterocycles. The summed E-state index contributed by atoms with van der Waals surface area (Å²) in [6, 6.07) is 81.9. The molecule has 300 valence electrons. The van der Waals surface area contributed by atoms with E-state index in [9.17, 15) is 0 Å². The largest absolute Gasteiger partial charge is 0.228 e. The van der Waals surface area contributed by atoms with E-state index in [0.717, 1.165) is 88.9 Å². The van der Waals surface area contributed by atoms with E-state index in [4.69, 9.17) is 24.9 Å². The molecule has 9 aromatic carbocycles. The van der Waals surface area contributed by atoms with Crippen LogP contribution in [-0.4, -0.2) is 24.9 Å². The number of nitrogens with zero attached hydrogens (tertiary/aromatic N) is 5. The van der Waals surface area contributed by atoms with Gasteiger partial charge in [-0.3, -0.25) is 0 Å². The molecule has 0 bridgehead atoms. The van der Waals surface area contributed by atoms with Gasteiger partial charge in [0, 0.05) is 33.4 Å². The normalized spacial score (nSPS) is 11.1. The molecule has 2 heterocycles. The lowest BCUT2D eigenvalue weighted by Crippen LogP contribution is -2.01. The lowest BCUT2D eigenvalue weighted by atomic mass is 9.86. The number of hydrogen-bond acceptors (Lipinski definition) is 5. The van der Waals surface area contributed by atoms with Crippen molar-refractivity contribution in [1.29, 1.82) is 0 Å². The van der Waals surface area contributed by atoms with Crippen LogP contribution in [0.2, 0.25) is 0 Å². The van der Waals surface area contributed by atoms with Crippen LogP contribution in [0.1, 0.15) is 0 Å². The van der Waals surface area contributed by atoms with E-state index in [1.165, 1.54) is 0 Å². The number of benzene rings is 9.